The van der Waals surface area contributed by atoms with E-state index < -0.39 is 0 Å². The molecule has 0 saturated heterocycles. The number of nitrogens with two attached hydrogens (primary N) is 1. The van der Waals surface area contributed by atoms with E-state index in [2.05, 4.69) is 5.32 Å². The SMILES string of the molecule is CC(C)Nc1cc(N)c(O)cc1O. The number of hydrogen-bond donors (Lipinski definition) is 4. The smallest absolute Gasteiger partial charge is 0.142 e. The highest BCUT2D eigenvalue weighted by Gasteiger charge is 2.06. The van der Waals surface area contributed by atoms with Gasteiger partial charge in [0.1, 0.15) is 11.5 Å². The summed E-state index contributed by atoms with van der Waals surface area (Å²) in [5.41, 5.74) is 6.25. The molecule has 13 heavy (non-hydrogen) atoms. The molecule has 0 heterocycles. The first-order valence-electron chi connectivity index (χ1n) is 4.08. The lowest BCUT2D eigenvalue weighted by molar-refractivity contribution is 0.453. The molecule has 0 spiro atoms. The van der Waals surface area contributed by atoms with E-state index in [-0.39, 0.29) is 23.2 Å². The van der Waals surface area contributed by atoms with Gasteiger partial charge in [-0.05, 0) is 19.9 Å². The van der Waals surface area contributed by atoms with Crippen LogP contribution in [0.5, 0.6) is 11.5 Å². The lowest BCUT2D eigenvalue weighted by atomic mass is 10.2. The van der Waals surface area contributed by atoms with Crippen molar-refractivity contribution < 1.29 is 10.2 Å². The molecule has 0 amide bonds. The third-order valence-electron chi connectivity index (χ3n) is 1.59. The van der Waals surface area contributed by atoms with Crippen molar-refractivity contribution in [3.63, 3.8) is 0 Å². The zero-order chi connectivity index (χ0) is 10.0. The van der Waals surface area contributed by atoms with E-state index in [0.29, 0.717) is 5.69 Å². The molecule has 0 atom stereocenters. The lowest BCUT2D eigenvalue weighted by Gasteiger charge is -2.12. The highest BCUT2D eigenvalue weighted by molar-refractivity contribution is 5.68. The molecular weight excluding hydrogens is 168 g/mol. The second kappa shape index (κ2) is 3.43. The molecule has 0 saturated carbocycles. The molecule has 0 aliphatic heterocycles. The Morgan fingerprint density at radius 3 is 2.38 bits per heavy atom. The van der Waals surface area contributed by atoms with Gasteiger partial charge in [-0.2, -0.15) is 0 Å². The van der Waals surface area contributed by atoms with Crippen LogP contribution in [0.2, 0.25) is 0 Å². The molecule has 72 valence electrons. The van der Waals surface area contributed by atoms with E-state index in [9.17, 15) is 5.11 Å². The fourth-order valence-electron chi connectivity index (χ4n) is 1.02. The number of nitrogen functional groups attached to an aromatic ring is 1. The molecule has 5 N–H and O–H groups in total. The Morgan fingerprint density at radius 2 is 1.85 bits per heavy atom. The number of aromatic hydroxyl groups is 2. The second-order valence-electron chi connectivity index (χ2n) is 3.23. The Bertz CT molecular complexity index is 311. The number of phenolic OH excluding ortho intramolecular Hbond substituents is 2. The van der Waals surface area contributed by atoms with Crippen molar-refractivity contribution >= 4 is 11.4 Å². The minimum Gasteiger partial charge on any atom is -0.506 e. The average Bonchev–Trinajstić information content (AvgIpc) is 1.99. The molecule has 4 nitrogen and oxygen atoms in total. The highest BCUT2D eigenvalue weighted by Crippen LogP contribution is 2.33. The molecule has 0 bridgehead atoms. The second-order valence-corrected chi connectivity index (χ2v) is 3.23. The van der Waals surface area contributed by atoms with E-state index >= 15 is 0 Å². The Kier molecular flexibility index (Phi) is 2.51. The molecule has 0 aliphatic carbocycles. The third kappa shape index (κ3) is 2.18. The van der Waals surface area contributed by atoms with Crippen LogP contribution in [-0.4, -0.2) is 16.3 Å². The molecule has 4 heteroatoms. The van der Waals surface area contributed by atoms with Crippen LogP contribution in [0.25, 0.3) is 0 Å². The monoisotopic (exact) mass is 182 g/mol. The van der Waals surface area contributed by atoms with Crippen molar-refractivity contribution in [1.29, 1.82) is 0 Å². The first-order valence-corrected chi connectivity index (χ1v) is 4.08. The molecular formula is C9H14N2O2. The largest absolute Gasteiger partial charge is 0.506 e. The molecule has 1 aromatic rings. The summed E-state index contributed by atoms with van der Waals surface area (Å²) in [4.78, 5) is 0. The van der Waals surface area contributed by atoms with Gasteiger partial charge in [0.2, 0.25) is 0 Å². The first-order chi connectivity index (χ1) is 6.00. The zero-order valence-electron chi connectivity index (χ0n) is 7.70. The molecule has 0 aromatic heterocycles. The maximum Gasteiger partial charge on any atom is 0.142 e. The number of hydrogen-bond acceptors (Lipinski definition) is 4. The summed E-state index contributed by atoms with van der Waals surface area (Å²) in [7, 11) is 0. The van der Waals surface area contributed by atoms with E-state index in [1.165, 1.54) is 12.1 Å². The molecule has 1 rings (SSSR count). The van der Waals surface area contributed by atoms with Gasteiger partial charge in [0.15, 0.2) is 0 Å². The predicted molar refractivity (Wildman–Crippen MR) is 52.9 cm³/mol. The fraction of sp³-hybridized carbons (Fsp3) is 0.333. The van der Waals surface area contributed by atoms with Crippen LogP contribution in [-0.2, 0) is 0 Å². The van der Waals surface area contributed by atoms with Crippen LogP contribution in [0, 0.1) is 0 Å². The number of benzene rings is 1. The minimum absolute atomic E-state index is 0.000370. The summed E-state index contributed by atoms with van der Waals surface area (Å²) in [5, 5.41) is 21.5. The molecule has 0 radical (unpaired) electrons. The summed E-state index contributed by atoms with van der Waals surface area (Å²) in [6.45, 7) is 3.89. The number of phenols is 2. The maximum atomic E-state index is 9.39. The van der Waals surface area contributed by atoms with Gasteiger partial charge in [-0.15, -0.1) is 0 Å². The summed E-state index contributed by atoms with van der Waals surface area (Å²) < 4.78 is 0. The van der Waals surface area contributed by atoms with E-state index in [4.69, 9.17) is 10.8 Å². The Hall–Kier alpha value is -1.58. The van der Waals surface area contributed by atoms with E-state index in [1.54, 1.807) is 0 Å². The Labute approximate surface area is 77.0 Å². The zero-order valence-corrected chi connectivity index (χ0v) is 7.70. The highest BCUT2D eigenvalue weighted by atomic mass is 16.3. The molecule has 0 unspecified atom stereocenters. The molecule has 0 aliphatic rings. The minimum atomic E-state index is -0.105. The van der Waals surface area contributed by atoms with Crippen molar-refractivity contribution in [3.05, 3.63) is 12.1 Å². The van der Waals surface area contributed by atoms with Gasteiger partial charge < -0.3 is 21.3 Å². The summed E-state index contributed by atoms with van der Waals surface area (Å²) >= 11 is 0. The average molecular weight is 182 g/mol. The topological polar surface area (TPSA) is 78.5 Å². The van der Waals surface area contributed by atoms with Gasteiger partial charge in [0.05, 0.1) is 11.4 Å². The number of nitrogens with one attached hydrogen (secondary N) is 1. The quantitative estimate of drug-likeness (QED) is 0.317. The van der Waals surface area contributed by atoms with Gasteiger partial charge in [-0.25, -0.2) is 0 Å². The van der Waals surface area contributed by atoms with Gasteiger partial charge in [-0.1, -0.05) is 0 Å². The van der Waals surface area contributed by atoms with Gasteiger partial charge in [-0.3, -0.25) is 0 Å². The predicted octanol–water partition coefficient (Wildman–Crippen LogP) is 1.50. The fourth-order valence-corrected chi connectivity index (χ4v) is 1.02. The summed E-state index contributed by atoms with van der Waals surface area (Å²) in [5.74, 6) is -0.104. The number of rotatable bonds is 2. The van der Waals surface area contributed by atoms with Crippen molar-refractivity contribution in [2.24, 2.45) is 0 Å². The van der Waals surface area contributed by atoms with Crippen LogP contribution in [0.15, 0.2) is 12.1 Å². The lowest BCUT2D eigenvalue weighted by Crippen LogP contribution is -2.09. The van der Waals surface area contributed by atoms with Crippen LogP contribution in [0.4, 0.5) is 11.4 Å². The van der Waals surface area contributed by atoms with Gasteiger partial charge in [0, 0.05) is 12.1 Å². The Morgan fingerprint density at radius 1 is 1.23 bits per heavy atom. The van der Waals surface area contributed by atoms with E-state index in [1.807, 2.05) is 13.8 Å². The molecule has 0 fully saturated rings. The van der Waals surface area contributed by atoms with Gasteiger partial charge in [0.25, 0.3) is 0 Å². The Balaban J connectivity index is 3.01. The van der Waals surface area contributed by atoms with E-state index in [0.717, 1.165) is 0 Å². The van der Waals surface area contributed by atoms with Crippen LogP contribution < -0.4 is 11.1 Å². The first kappa shape index (κ1) is 9.51. The normalized spacial score (nSPS) is 10.4. The van der Waals surface area contributed by atoms with Crippen molar-refractivity contribution in [3.8, 4) is 11.5 Å². The van der Waals surface area contributed by atoms with Crippen molar-refractivity contribution in [1.82, 2.24) is 0 Å². The number of anilines is 2. The van der Waals surface area contributed by atoms with Crippen LogP contribution >= 0.6 is 0 Å². The molecule has 1 aromatic carbocycles. The summed E-state index contributed by atoms with van der Waals surface area (Å²) in [6, 6.07) is 2.93. The van der Waals surface area contributed by atoms with Crippen molar-refractivity contribution in [2.75, 3.05) is 11.1 Å². The van der Waals surface area contributed by atoms with Gasteiger partial charge >= 0.3 is 0 Å². The third-order valence-corrected chi connectivity index (χ3v) is 1.59. The van der Waals surface area contributed by atoms with Crippen LogP contribution in [0.1, 0.15) is 13.8 Å². The summed E-state index contributed by atoms with van der Waals surface area (Å²) in [6.07, 6.45) is 0. The van der Waals surface area contributed by atoms with Crippen LogP contribution in [0.3, 0.4) is 0 Å². The van der Waals surface area contributed by atoms with Crippen molar-refractivity contribution in [2.45, 2.75) is 19.9 Å². The standard InChI is InChI=1S/C9H14N2O2/c1-5(2)11-7-3-6(10)8(12)4-9(7)13/h3-5,11-13H,10H2,1-2H3. The maximum absolute atomic E-state index is 9.39.